The molecule has 0 saturated heterocycles. The fourth-order valence-corrected chi connectivity index (χ4v) is 2.63. The number of hydrogen-bond donors (Lipinski definition) is 1. The Bertz CT molecular complexity index is 657. The Balaban J connectivity index is 2.30. The lowest BCUT2D eigenvalue weighted by atomic mass is 10.0. The minimum atomic E-state index is -0.251. The van der Waals surface area contributed by atoms with Crippen LogP contribution in [-0.4, -0.2) is 7.11 Å². The molecule has 1 N–H and O–H groups in total. The van der Waals surface area contributed by atoms with E-state index in [2.05, 4.69) is 40.3 Å². The molecule has 0 aliphatic heterocycles. The highest BCUT2D eigenvalue weighted by Crippen LogP contribution is 2.31. The lowest BCUT2D eigenvalue weighted by Gasteiger charge is -2.20. The molecule has 2 aromatic carbocycles. The van der Waals surface area contributed by atoms with Gasteiger partial charge in [-0.2, -0.15) is 0 Å². The van der Waals surface area contributed by atoms with Gasteiger partial charge in [-0.1, -0.05) is 12.1 Å². The highest BCUT2D eigenvalue weighted by molar-refractivity contribution is 9.10. The first kappa shape index (κ1) is 15.8. The first-order valence-electron chi connectivity index (χ1n) is 6.79. The predicted octanol–water partition coefficient (Wildman–Crippen LogP) is 5.39. The SMILES string of the molecule is COc1cc(C)ccc1C(C)Nc1cc(Br)c(F)cc1C. The normalized spacial score (nSPS) is 12.1. The van der Waals surface area contributed by atoms with Gasteiger partial charge >= 0.3 is 0 Å². The molecule has 2 aromatic rings. The molecule has 0 radical (unpaired) electrons. The topological polar surface area (TPSA) is 21.3 Å². The fraction of sp³-hybridized carbons (Fsp3) is 0.294. The number of benzene rings is 2. The molecule has 0 heterocycles. The smallest absolute Gasteiger partial charge is 0.137 e. The first-order chi connectivity index (χ1) is 9.92. The molecule has 112 valence electrons. The van der Waals surface area contributed by atoms with Crippen LogP contribution < -0.4 is 10.1 Å². The molecule has 0 aliphatic rings. The number of methoxy groups -OCH3 is 1. The molecule has 2 nitrogen and oxygen atoms in total. The summed E-state index contributed by atoms with van der Waals surface area (Å²) >= 11 is 3.22. The average molecular weight is 352 g/mol. The van der Waals surface area contributed by atoms with Crippen LogP contribution in [-0.2, 0) is 0 Å². The summed E-state index contributed by atoms with van der Waals surface area (Å²) in [6.45, 7) is 5.98. The zero-order valence-electron chi connectivity index (χ0n) is 12.6. The van der Waals surface area contributed by atoms with Crippen molar-refractivity contribution in [3.05, 3.63) is 57.3 Å². The predicted molar refractivity (Wildman–Crippen MR) is 88.6 cm³/mol. The Morgan fingerprint density at radius 1 is 1.19 bits per heavy atom. The van der Waals surface area contributed by atoms with Crippen molar-refractivity contribution in [2.24, 2.45) is 0 Å². The molecule has 4 heteroatoms. The van der Waals surface area contributed by atoms with Crippen LogP contribution in [0.2, 0.25) is 0 Å². The second kappa shape index (κ2) is 6.48. The van der Waals surface area contributed by atoms with Crippen molar-refractivity contribution < 1.29 is 9.13 Å². The third kappa shape index (κ3) is 3.56. The fourth-order valence-electron chi connectivity index (χ4n) is 2.29. The molecule has 0 fully saturated rings. The number of anilines is 1. The molecule has 0 bridgehead atoms. The van der Waals surface area contributed by atoms with Crippen molar-refractivity contribution in [3.8, 4) is 5.75 Å². The van der Waals surface area contributed by atoms with E-state index in [1.54, 1.807) is 13.2 Å². The van der Waals surface area contributed by atoms with Crippen LogP contribution in [0.3, 0.4) is 0 Å². The maximum atomic E-state index is 13.5. The summed E-state index contributed by atoms with van der Waals surface area (Å²) < 4.78 is 19.4. The van der Waals surface area contributed by atoms with Gasteiger partial charge in [0.1, 0.15) is 11.6 Å². The van der Waals surface area contributed by atoms with Crippen LogP contribution in [0.5, 0.6) is 5.75 Å². The molecule has 0 aliphatic carbocycles. The van der Waals surface area contributed by atoms with Crippen molar-refractivity contribution in [2.75, 3.05) is 12.4 Å². The largest absolute Gasteiger partial charge is 0.496 e. The van der Waals surface area contributed by atoms with Crippen LogP contribution >= 0.6 is 15.9 Å². The van der Waals surface area contributed by atoms with Crippen LogP contribution in [0.1, 0.15) is 29.7 Å². The van der Waals surface area contributed by atoms with Gasteiger partial charge in [-0.15, -0.1) is 0 Å². The Kier molecular flexibility index (Phi) is 4.88. The zero-order valence-corrected chi connectivity index (χ0v) is 14.2. The van der Waals surface area contributed by atoms with Crippen molar-refractivity contribution >= 4 is 21.6 Å². The highest BCUT2D eigenvalue weighted by atomic mass is 79.9. The van der Waals surface area contributed by atoms with Gasteiger partial charge in [0, 0.05) is 11.3 Å². The second-order valence-electron chi connectivity index (χ2n) is 5.19. The standard InChI is InChI=1S/C17H19BrFNO/c1-10-5-6-13(17(7-10)21-4)12(3)20-16-9-14(18)15(19)8-11(16)2/h5-9,12,20H,1-4H3. The summed E-state index contributed by atoms with van der Waals surface area (Å²) in [7, 11) is 1.67. The quantitative estimate of drug-likeness (QED) is 0.797. The number of aryl methyl sites for hydroxylation is 2. The Hall–Kier alpha value is -1.55. The van der Waals surface area contributed by atoms with Gasteiger partial charge in [-0.05, 0) is 66.0 Å². The van der Waals surface area contributed by atoms with E-state index in [-0.39, 0.29) is 11.9 Å². The van der Waals surface area contributed by atoms with Crippen molar-refractivity contribution in [1.82, 2.24) is 0 Å². The Labute approximate surface area is 133 Å². The zero-order chi connectivity index (χ0) is 15.6. The van der Waals surface area contributed by atoms with Gasteiger partial charge < -0.3 is 10.1 Å². The lowest BCUT2D eigenvalue weighted by molar-refractivity contribution is 0.407. The van der Waals surface area contributed by atoms with E-state index in [0.717, 1.165) is 28.1 Å². The van der Waals surface area contributed by atoms with Gasteiger partial charge in [0.05, 0.1) is 17.6 Å². The van der Waals surface area contributed by atoms with Crippen LogP contribution in [0.15, 0.2) is 34.8 Å². The monoisotopic (exact) mass is 351 g/mol. The van der Waals surface area contributed by atoms with E-state index in [1.807, 2.05) is 19.9 Å². The molecule has 0 spiro atoms. The van der Waals surface area contributed by atoms with Gasteiger partial charge in [0.15, 0.2) is 0 Å². The van der Waals surface area contributed by atoms with Crippen molar-refractivity contribution in [3.63, 3.8) is 0 Å². The molecule has 0 saturated carbocycles. The number of hydrogen-bond acceptors (Lipinski definition) is 2. The molecular weight excluding hydrogens is 333 g/mol. The van der Waals surface area contributed by atoms with Crippen molar-refractivity contribution in [2.45, 2.75) is 26.8 Å². The van der Waals surface area contributed by atoms with E-state index >= 15 is 0 Å². The minimum absolute atomic E-state index is 0.0524. The summed E-state index contributed by atoms with van der Waals surface area (Å²) in [6.07, 6.45) is 0. The van der Waals surface area contributed by atoms with E-state index in [0.29, 0.717) is 4.47 Å². The Morgan fingerprint density at radius 3 is 2.57 bits per heavy atom. The van der Waals surface area contributed by atoms with Gasteiger partial charge in [0.25, 0.3) is 0 Å². The third-order valence-corrected chi connectivity index (χ3v) is 4.10. The molecule has 21 heavy (non-hydrogen) atoms. The van der Waals surface area contributed by atoms with Gasteiger partial charge in [0.2, 0.25) is 0 Å². The van der Waals surface area contributed by atoms with Crippen molar-refractivity contribution in [1.29, 1.82) is 0 Å². The molecule has 1 unspecified atom stereocenters. The maximum absolute atomic E-state index is 13.5. The van der Waals surface area contributed by atoms with E-state index in [4.69, 9.17) is 4.74 Å². The van der Waals surface area contributed by atoms with E-state index < -0.39 is 0 Å². The lowest BCUT2D eigenvalue weighted by Crippen LogP contribution is -2.09. The minimum Gasteiger partial charge on any atom is -0.496 e. The first-order valence-corrected chi connectivity index (χ1v) is 7.58. The summed E-state index contributed by atoms with van der Waals surface area (Å²) in [4.78, 5) is 0. The number of ether oxygens (including phenoxy) is 1. The molecular formula is C17H19BrFNO. The summed E-state index contributed by atoms with van der Waals surface area (Å²) in [5.41, 5.74) is 4.00. The number of halogens is 2. The third-order valence-electron chi connectivity index (χ3n) is 3.49. The van der Waals surface area contributed by atoms with Gasteiger partial charge in [-0.25, -0.2) is 4.39 Å². The van der Waals surface area contributed by atoms with E-state index in [1.165, 1.54) is 6.07 Å². The van der Waals surface area contributed by atoms with Gasteiger partial charge in [-0.3, -0.25) is 0 Å². The van der Waals surface area contributed by atoms with E-state index in [9.17, 15) is 4.39 Å². The number of nitrogens with one attached hydrogen (secondary N) is 1. The summed E-state index contributed by atoms with van der Waals surface area (Å²) in [5.74, 6) is 0.604. The van der Waals surface area contributed by atoms with Crippen LogP contribution in [0.4, 0.5) is 10.1 Å². The molecule has 0 amide bonds. The van der Waals surface area contributed by atoms with Crippen LogP contribution in [0, 0.1) is 19.7 Å². The highest BCUT2D eigenvalue weighted by Gasteiger charge is 2.13. The van der Waals surface area contributed by atoms with Crippen LogP contribution in [0.25, 0.3) is 0 Å². The molecule has 2 rings (SSSR count). The molecule has 1 atom stereocenters. The second-order valence-corrected chi connectivity index (χ2v) is 6.05. The molecule has 0 aromatic heterocycles. The maximum Gasteiger partial charge on any atom is 0.137 e. The number of rotatable bonds is 4. The Morgan fingerprint density at radius 2 is 1.90 bits per heavy atom. The average Bonchev–Trinajstić information content (AvgIpc) is 2.44. The summed E-state index contributed by atoms with van der Waals surface area (Å²) in [6, 6.07) is 9.47. The summed E-state index contributed by atoms with van der Waals surface area (Å²) in [5, 5.41) is 3.41.